The van der Waals surface area contributed by atoms with E-state index in [-0.39, 0.29) is 17.8 Å². The number of piperidine rings is 1. The number of ether oxygens (including phenoxy) is 2. The number of hydrogen-bond acceptors (Lipinski definition) is 8. The van der Waals surface area contributed by atoms with Crippen molar-refractivity contribution < 1.29 is 49.9 Å². The molecule has 0 radical (unpaired) electrons. The second kappa shape index (κ2) is 11.8. The number of carbonyl (C=O) groups is 2. The van der Waals surface area contributed by atoms with Gasteiger partial charge >= 0.3 is 18.1 Å². The molecule has 2 aliphatic rings. The summed E-state index contributed by atoms with van der Waals surface area (Å²) in [6.07, 6.45) is -2.62. The molecule has 2 fully saturated rings. The van der Waals surface area contributed by atoms with Crippen molar-refractivity contribution in [2.45, 2.75) is 57.3 Å². The second-order valence-corrected chi connectivity index (χ2v) is 12.0. The Morgan fingerprint density at radius 2 is 1.83 bits per heavy atom. The van der Waals surface area contributed by atoms with Crippen LogP contribution in [0.3, 0.4) is 0 Å². The maximum absolute atomic E-state index is 15.2. The molecular formula is C27H30F4N2O7S. The minimum Gasteiger partial charge on any atom is -0.497 e. The van der Waals surface area contributed by atoms with Crippen molar-refractivity contribution in [3.05, 3.63) is 58.4 Å². The van der Waals surface area contributed by atoms with Crippen LogP contribution in [0.15, 0.2) is 30.3 Å². The van der Waals surface area contributed by atoms with Gasteiger partial charge < -0.3 is 14.3 Å². The first kappa shape index (κ1) is 30.6. The quantitative estimate of drug-likeness (QED) is 0.322. The summed E-state index contributed by atoms with van der Waals surface area (Å²) in [5, 5.41) is 0. The number of hydrogen-bond donors (Lipinski definition) is 0. The highest BCUT2D eigenvalue weighted by Gasteiger charge is 2.46. The third-order valence-electron chi connectivity index (χ3n) is 6.91. The first-order valence-electron chi connectivity index (χ1n) is 12.9. The standard InChI is InChI=1S/C27H30F4N2O7S/c1-16-11-19(38-2)9-8-18(16)14-32-10-4-5-20(15-32)39-24-13-23(28)22(12-21(24)17-6-7-17)25(34)33(41(3,36)37)40-26(35)27(29,30)31/h8-9,11-13,17,20H,4-7,10,14-15H2,1-3H3/t20-/m1/s1. The average Bonchev–Trinajstić information content (AvgIpc) is 3.72. The number of amides is 1. The van der Waals surface area contributed by atoms with Gasteiger partial charge in [-0.05, 0) is 80.0 Å². The lowest BCUT2D eigenvalue weighted by molar-refractivity contribution is -0.216. The van der Waals surface area contributed by atoms with Gasteiger partial charge in [-0.15, -0.1) is 0 Å². The van der Waals surface area contributed by atoms with Gasteiger partial charge in [0.15, 0.2) is 0 Å². The van der Waals surface area contributed by atoms with Crippen LogP contribution in [0, 0.1) is 12.7 Å². The number of methoxy groups -OCH3 is 1. The summed E-state index contributed by atoms with van der Waals surface area (Å²) < 4.78 is 88.0. The number of halogens is 4. The number of hydroxylamine groups is 1. The third-order valence-corrected chi connectivity index (χ3v) is 7.75. The fourth-order valence-electron chi connectivity index (χ4n) is 4.68. The van der Waals surface area contributed by atoms with Crippen LogP contribution < -0.4 is 9.47 Å². The van der Waals surface area contributed by atoms with Gasteiger partial charge in [-0.3, -0.25) is 9.69 Å². The number of sulfonamides is 1. The van der Waals surface area contributed by atoms with Crippen LogP contribution in [0.1, 0.15) is 58.6 Å². The summed E-state index contributed by atoms with van der Waals surface area (Å²) in [4.78, 5) is 30.2. The number of aryl methyl sites for hydroxylation is 1. The molecule has 1 saturated heterocycles. The minimum atomic E-state index is -5.58. The van der Waals surface area contributed by atoms with E-state index in [1.54, 1.807) is 7.11 Å². The van der Waals surface area contributed by atoms with E-state index >= 15 is 4.39 Å². The molecular weight excluding hydrogens is 572 g/mol. The first-order valence-corrected chi connectivity index (χ1v) is 14.7. The van der Waals surface area contributed by atoms with Crippen molar-refractivity contribution in [3.63, 3.8) is 0 Å². The number of nitrogens with zero attached hydrogens (tertiary/aromatic N) is 2. The zero-order chi connectivity index (χ0) is 30.1. The van der Waals surface area contributed by atoms with Crippen LogP contribution in [-0.2, 0) is 26.2 Å². The number of alkyl halides is 3. The van der Waals surface area contributed by atoms with E-state index in [1.165, 1.54) is 0 Å². The molecule has 4 rings (SSSR count). The molecule has 1 saturated carbocycles. The molecule has 0 spiro atoms. The maximum atomic E-state index is 15.2. The lowest BCUT2D eigenvalue weighted by Gasteiger charge is -2.33. The van der Waals surface area contributed by atoms with Crippen LogP contribution in [0.25, 0.3) is 0 Å². The Morgan fingerprint density at radius 1 is 1.12 bits per heavy atom. The van der Waals surface area contributed by atoms with Gasteiger partial charge in [-0.2, -0.15) is 13.2 Å². The minimum absolute atomic E-state index is 0.108. The molecule has 0 unspecified atom stereocenters. The predicted molar refractivity (Wildman–Crippen MR) is 138 cm³/mol. The van der Waals surface area contributed by atoms with E-state index in [2.05, 4.69) is 9.74 Å². The SMILES string of the molecule is COc1ccc(CN2CCC[C@@H](Oc3cc(F)c(C(=O)N(OC(=O)C(F)(F)F)S(C)(=O)=O)cc3C3CC3)C2)c(C)c1. The van der Waals surface area contributed by atoms with Crippen LogP contribution in [0.2, 0.25) is 0 Å². The Bertz CT molecular complexity index is 1430. The van der Waals surface area contributed by atoms with Crippen molar-refractivity contribution >= 4 is 21.9 Å². The van der Waals surface area contributed by atoms with Gasteiger partial charge in [0.25, 0.3) is 10.0 Å². The monoisotopic (exact) mass is 602 g/mol. The first-order chi connectivity index (χ1) is 19.2. The van der Waals surface area contributed by atoms with Crippen LogP contribution in [0.4, 0.5) is 17.6 Å². The summed E-state index contributed by atoms with van der Waals surface area (Å²) >= 11 is 0. The molecule has 0 aromatic heterocycles. The zero-order valence-electron chi connectivity index (χ0n) is 22.7. The fraction of sp³-hybridized carbons (Fsp3) is 0.481. The third kappa shape index (κ3) is 7.47. The Morgan fingerprint density at radius 3 is 2.41 bits per heavy atom. The number of benzene rings is 2. The van der Waals surface area contributed by atoms with Gasteiger partial charge in [0.1, 0.15) is 23.4 Å². The van der Waals surface area contributed by atoms with E-state index in [4.69, 9.17) is 9.47 Å². The Balaban J connectivity index is 1.54. The summed E-state index contributed by atoms with van der Waals surface area (Å²) in [5.74, 6) is -5.11. The van der Waals surface area contributed by atoms with Crippen LogP contribution in [0.5, 0.6) is 11.5 Å². The number of rotatable bonds is 8. The Labute approximate surface area is 235 Å². The molecule has 1 aliphatic carbocycles. The molecule has 0 N–H and O–H groups in total. The van der Waals surface area contributed by atoms with Gasteiger partial charge in [0, 0.05) is 19.2 Å². The molecule has 2 aromatic carbocycles. The maximum Gasteiger partial charge on any atom is 0.493 e. The molecule has 1 atom stereocenters. The highest BCUT2D eigenvalue weighted by molar-refractivity contribution is 7.88. The van der Waals surface area contributed by atoms with E-state index < -0.39 is 43.9 Å². The summed E-state index contributed by atoms with van der Waals surface area (Å²) in [6, 6.07) is 7.84. The lowest BCUT2D eigenvalue weighted by Crippen LogP contribution is -2.42. The van der Waals surface area contributed by atoms with Gasteiger partial charge in [-0.25, -0.2) is 17.6 Å². The summed E-state index contributed by atoms with van der Waals surface area (Å²) in [6.45, 7) is 4.05. The van der Waals surface area contributed by atoms with Crippen molar-refractivity contribution in [1.82, 2.24) is 9.37 Å². The zero-order valence-corrected chi connectivity index (χ0v) is 23.5. The summed E-state index contributed by atoms with van der Waals surface area (Å²) in [5.41, 5.74) is 1.77. The van der Waals surface area contributed by atoms with Crippen molar-refractivity contribution in [1.29, 1.82) is 0 Å². The largest absolute Gasteiger partial charge is 0.497 e. The van der Waals surface area contributed by atoms with Crippen LogP contribution in [-0.4, -0.2) is 68.4 Å². The average molecular weight is 603 g/mol. The van der Waals surface area contributed by atoms with Crippen molar-refractivity contribution in [2.24, 2.45) is 0 Å². The molecule has 2 aromatic rings. The molecule has 224 valence electrons. The highest BCUT2D eigenvalue weighted by atomic mass is 32.2. The van der Waals surface area contributed by atoms with Gasteiger partial charge in [0.05, 0.1) is 18.9 Å². The highest BCUT2D eigenvalue weighted by Crippen LogP contribution is 2.46. The normalized spacial score (nSPS) is 18.1. The van der Waals surface area contributed by atoms with Gasteiger partial charge in [0.2, 0.25) is 0 Å². The predicted octanol–water partition coefficient (Wildman–Crippen LogP) is 4.49. The fourth-order valence-corrected chi connectivity index (χ4v) is 5.29. The van der Waals surface area contributed by atoms with E-state index in [0.29, 0.717) is 44.2 Å². The molecule has 41 heavy (non-hydrogen) atoms. The van der Waals surface area contributed by atoms with Crippen molar-refractivity contribution in [3.8, 4) is 11.5 Å². The molecule has 1 heterocycles. The van der Waals surface area contributed by atoms with E-state index in [0.717, 1.165) is 42.0 Å². The lowest BCUT2D eigenvalue weighted by atomic mass is 10.0. The molecule has 14 heteroatoms. The van der Waals surface area contributed by atoms with E-state index in [9.17, 15) is 31.2 Å². The van der Waals surface area contributed by atoms with Gasteiger partial charge in [-0.1, -0.05) is 10.5 Å². The molecule has 1 amide bonds. The smallest absolute Gasteiger partial charge is 0.493 e. The van der Waals surface area contributed by atoms with Crippen LogP contribution >= 0.6 is 0 Å². The molecule has 1 aliphatic heterocycles. The number of likely N-dealkylation sites (tertiary alicyclic amines) is 1. The Hall–Kier alpha value is -3.39. The summed E-state index contributed by atoms with van der Waals surface area (Å²) in [7, 11) is -3.24. The molecule has 0 bridgehead atoms. The number of carbonyl (C=O) groups excluding carboxylic acids is 2. The topological polar surface area (TPSA) is 102 Å². The van der Waals surface area contributed by atoms with E-state index in [1.807, 2.05) is 25.1 Å². The Kier molecular flexibility index (Phi) is 8.83. The second-order valence-electron chi connectivity index (χ2n) is 10.2. The van der Waals surface area contributed by atoms with Crippen molar-refractivity contribution in [2.75, 3.05) is 26.5 Å². The molecule has 9 nitrogen and oxygen atoms in total.